The van der Waals surface area contributed by atoms with E-state index in [-0.39, 0.29) is 11.6 Å². The van der Waals surface area contributed by atoms with Crippen LogP contribution in [0.25, 0.3) is 22.6 Å². The zero-order valence-electron chi connectivity index (χ0n) is 16.6. The molecule has 3 heterocycles. The lowest BCUT2D eigenvalue weighted by Gasteiger charge is -2.26. The number of H-pyrrole nitrogens is 1. The van der Waals surface area contributed by atoms with Gasteiger partial charge in [0.25, 0.3) is 0 Å². The number of nitrogens with one attached hydrogen (secondary N) is 2. The van der Waals surface area contributed by atoms with Gasteiger partial charge in [0.15, 0.2) is 11.3 Å². The maximum absolute atomic E-state index is 12.4. The molecule has 1 fully saturated rings. The molecule has 152 valence electrons. The van der Waals surface area contributed by atoms with Crippen molar-refractivity contribution in [1.82, 2.24) is 24.4 Å². The number of piperidine rings is 1. The number of likely N-dealkylation sites (tertiary alicyclic amines) is 1. The van der Waals surface area contributed by atoms with Crippen LogP contribution in [0.15, 0.2) is 35.3 Å². The van der Waals surface area contributed by atoms with Gasteiger partial charge in [0.1, 0.15) is 0 Å². The van der Waals surface area contributed by atoms with Gasteiger partial charge in [0, 0.05) is 24.2 Å². The van der Waals surface area contributed by atoms with Crippen LogP contribution >= 0.6 is 0 Å². The number of imidazole rings is 1. The van der Waals surface area contributed by atoms with Crippen LogP contribution in [0.5, 0.6) is 0 Å². The summed E-state index contributed by atoms with van der Waals surface area (Å²) in [5, 5.41) is 7.88. The number of nitrogens with zero attached hydrogens (tertiary/aromatic N) is 4. The molecule has 2 N–H and O–H groups in total. The predicted octanol–water partition coefficient (Wildman–Crippen LogP) is 2.63. The Morgan fingerprint density at radius 2 is 1.93 bits per heavy atom. The second-order valence-corrected chi connectivity index (χ2v) is 7.25. The molecule has 29 heavy (non-hydrogen) atoms. The Kier molecular flexibility index (Phi) is 5.71. The zero-order chi connectivity index (χ0) is 20.2. The molecule has 0 atom stereocenters. The van der Waals surface area contributed by atoms with Gasteiger partial charge < -0.3 is 9.64 Å². The summed E-state index contributed by atoms with van der Waals surface area (Å²) in [5.41, 5.74) is 3.20. The van der Waals surface area contributed by atoms with Crippen LogP contribution < -0.4 is 5.69 Å². The van der Waals surface area contributed by atoms with E-state index in [1.54, 1.807) is 10.8 Å². The molecule has 0 aliphatic carbocycles. The predicted molar refractivity (Wildman–Crippen MR) is 112 cm³/mol. The summed E-state index contributed by atoms with van der Waals surface area (Å²) in [5.74, 6) is 0.151. The van der Waals surface area contributed by atoms with Gasteiger partial charge in [-0.05, 0) is 45.0 Å². The molecule has 4 rings (SSSR count). The van der Waals surface area contributed by atoms with Crippen molar-refractivity contribution in [2.75, 3.05) is 26.2 Å². The lowest BCUT2D eigenvalue weighted by atomic mass is 10.1. The summed E-state index contributed by atoms with van der Waals surface area (Å²) in [4.78, 5) is 26.7. The van der Waals surface area contributed by atoms with Gasteiger partial charge in [-0.3, -0.25) is 15.0 Å². The zero-order valence-corrected chi connectivity index (χ0v) is 16.6. The third kappa shape index (κ3) is 4.22. The van der Waals surface area contributed by atoms with Crippen molar-refractivity contribution in [2.24, 2.45) is 0 Å². The fourth-order valence-corrected chi connectivity index (χ4v) is 3.71. The number of hydrogen-bond donors (Lipinski definition) is 2. The van der Waals surface area contributed by atoms with E-state index in [1.807, 2.05) is 31.2 Å². The molecule has 0 unspecified atom stereocenters. The van der Waals surface area contributed by atoms with E-state index in [0.29, 0.717) is 35.7 Å². The van der Waals surface area contributed by atoms with E-state index in [4.69, 9.17) is 15.1 Å². The Morgan fingerprint density at radius 3 is 2.66 bits per heavy atom. The Hall–Kier alpha value is -3.00. The van der Waals surface area contributed by atoms with Crippen molar-refractivity contribution in [3.05, 3.63) is 46.5 Å². The molecular formula is C21H26N6O2. The number of ether oxygens (including phenoxy) is 1. The lowest BCUT2D eigenvalue weighted by Crippen LogP contribution is -2.34. The molecule has 0 saturated carbocycles. The van der Waals surface area contributed by atoms with Crippen molar-refractivity contribution >= 4 is 17.2 Å². The first-order valence-corrected chi connectivity index (χ1v) is 10.2. The highest BCUT2D eigenvalue weighted by atomic mass is 16.5. The van der Waals surface area contributed by atoms with Crippen LogP contribution in [0.3, 0.4) is 0 Å². The first kappa shape index (κ1) is 19.3. The highest BCUT2D eigenvalue weighted by Crippen LogP contribution is 2.19. The monoisotopic (exact) mass is 394 g/mol. The van der Waals surface area contributed by atoms with Gasteiger partial charge in [-0.15, -0.1) is 0 Å². The number of fused-ring (bicyclic) bond motifs is 1. The summed E-state index contributed by atoms with van der Waals surface area (Å²) in [6.45, 7) is 5.95. The molecule has 1 saturated heterocycles. The number of benzene rings is 1. The second-order valence-electron chi connectivity index (χ2n) is 7.25. The largest absolute Gasteiger partial charge is 0.478 e. The Balaban J connectivity index is 1.58. The van der Waals surface area contributed by atoms with E-state index in [9.17, 15) is 4.79 Å². The first-order valence-electron chi connectivity index (χ1n) is 10.2. The van der Waals surface area contributed by atoms with Crippen molar-refractivity contribution in [2.45, 2.75) is 32.7 Å². The van der Waals surface area contributed by atoms with Gasteiger partial charge in [-0.25, -0.2) is 14.8 Å². The minimum Gasteiger partial charge on any atom is -0.478 e. The summed E-state index contributed by atoms with van der Waals surface area (Å²) < 4.78 is 6.92. The average molecular weight is 394 g/mol. The molecule has 1 aromatic carbocycles. The van der Waals surface area contributed by atoms with Gasteiger partial charge in [0.2, 0.25) is 5.90 Å². The Labute approximate surface area is 169 Å². The minimum atomic E-state index is -0.172. The van der Waals surface area contributed by atoms with Crippen LogP contribution in [0.2, 0.25) is 0 Å². The van der Waals surface area contributed by atoms with Gasteiger partial charge >= 0.3 is 5.69 Å². The SMILES string of the molecule is CCOC(=N)c1ccc(-c2cnc3[nH]c(=O)n(CCN4CCCCC4)c3n2)cc1. The topological polar surface area (TPSA) is 99.9 Å². The molecule has 0 bridgehead atoms. The molecule has 0 amide bonds. The summed E-state index contributed by atoms with van der Waals surface area (Å²) in [6.07, 6.45) is 5.41. The van der Waals surface area contributed by atoms with Crippen LogP contribution in [-0.4, -0.2) is 56.6 Å². The van der Waals surface area contributed by atoms with Crippen LogP contribution in [0.1, 0.15) is 31.7 Å². The molecule has 3 aromatic rings. The van der Waals surface area contributed by atoms with E-state index in [2.05, 4.69) is 14.9 Å². The van der Waals surface area contributed by atoms with E-state index < -0.39 is 0 Å². The van der Waals surface area contributed by atoms with Crippen molar-refractivity contribution in [1.29, 1.82) is 5.41 Å². The summed E-state index contributed by atoms with van der Waals surface area (Å²) in [7, 11) is 0. The molecule has 1 aliphatic heterocycles. The molecule has 1 aliphatic rings. The molecule has 8 nitrogen and oxygen atoms in total. The lowest BCUT2D eigenvalue weighted by molar-refractivity contribution is 0.221. The molecular weight excluding hydrogens is 368 g/mol. The van der Waals surface area contributed by atoms with Gasteiger partial charge in [-0.2, -0.15) is 0 Å². The van der Waals surface area contributed by atoms with Crippen molar-refractivity contribution < 1.29 is 4.74 Å². The third-order valence-electron chi connectivity index (χ3n) is 5.30. The van der Waals surface area contributed by atoms with Crippen molar-refractivity contribution in [3.8, 4) is 11.3 Å². The van der Waals surface area contributed by atoms with Gasteiger partial charge in [0.05, 0.1) is 18.5 Å². The molecule has 2 aromatic heterocycles. The fraction of sp³-hybridized carbons (Fsp3) is 0.429. The normalized spacial score (nSPS) is 14.9. The van der Waals surface area contributed by atoms with Crippen LogP contribution in [0, 0.1) is 5.41 Å². The van der Waals surface area contributed by atoms with Gasteiger partial charge in [-0.1, -0.05) is 18.6 Å². The van der Waals surface area contributed by atoms with Crippen molar-refractivity contribution in [3.63, 3.8) is 0 Å². The fourth-order valence-electron chi connectivity index (χ4n) is 3.71. The average Bonchev–Trinajstić information content (AvgIpc) is 3.07. The minimum absolute atomic E-state index is 0.151. The number of aromatic nitrogens is 4. The van der Waals surface area contributed by atoms with E-state index in [1.165, 1.54) is 19.3 Å². The van der Waals surface area contributed by atoms with E-state index in [0.717, 1.165) is 25.2 Å². The molecule has 8 heteroatoms. The quantitative estimate of drug-likeness (QED) is 0.494. The highest BCUT2D eigenvalue weighted by Gasteiger charge is 2.14. The second kappa shape index (κ2) is 8.57. The highest BCUT2D eigenvalue weighted by molar-refractivity contribution is 5.92. The third-order valence-corrected chi connectivity index (χ3v) is 5.30. The standard InChI is InChI=1S/C21H26N6O2/c1-2-29-18(22)16-8-6-15(7-9-16)17-14-23-19-20(24-17)27(21(28)25-19)13-12-26-10-4-3-5-11-26/h6-9,14,22H,2-5,10-13H2,1H3,(H,23,25,28). The molecule has 0 radical (unpaired) electrons. The molecule has 0 spiro atoms. The maximum Gasteiger partial charge on any atom is 0.328 e. The maximum atomic E-state index is 12.4. The smallest absolute Gasteiger partial charge is 0.328 e. The Morgan fingerprint density at radius 1 is 1.17 bits per heavy atom. The number of aromatic amines is 1. The van der Waals surface area contributed by atoms with Crippen LogP contribution in [0.4, 0.5) is 0 Å². The summed E-state index contributed by atoms with van der Waals surface area (Å²) in [6, 6.07) is 7.45. The van der Waals surface area contributed by atoms with Crippen LogP contribution in [-0.2, 0) is 11.3 Å². The first-order chi connectivity index (χ1) is 14.2. The number of rotatable bonds is 6. The van der Waals surface area contributed by atoms with E-state index >= 15 is 0 Å². The number of hydrogen-bond acceptors (Lipinski definition) is 6. The Bertz CT molecular complexity index is 1050. The summed E-state index contributed by atoms with van der Waals surface area (Å²) >= 11 is 0.